The van der Waals surface area contributed by atoms with Crippen molar-refractivity contribution in [2.45, 2.75) is 121 Å². The summed E-state index contributed by atoms with van der Waals surface area (Å²) >= 11 is 2.59. The summed E-state index contributed by atoms with van der Waals surface area (Å²) in [6, 6.07) is 5.66. The highest BCUT2D eigenvalue weighted by molar-refractivity contribution is 8.24. The third-order valence-electron chi connectivity index (χ3n) is 8.06. The van der Waals surface area contributed by atoms with E-state index in [4.69, 9.17) is 9.47 Å². The molecular formula is C32H45NO5S2. The van der Waals surface area contributed by atoms with Gasteiger partial charge in [0.05, 0.1) is 21.3 Å². The van der Waals surface area contributed by atoms with Crippen molar-refractivity contribution in [3.8, 4) is 11.8 Å². The summed E-state index contributed by atoms with van der Waals surface area (Å²) in [4.78, 5) is 27.0. The first-order valence-electron chi connectivity index (χ1n) is 14.8. The number of nitriles is 1. The van der Waals surface area contributed by atoms with E-state index in [2.05, 4.69) is 13.8 Å². The van der Waals surface area contributed by atoms with Crippen molar-refractivity contribution >= 4 is 35.5 Å². The van der Waals surface area contributed by atoms with Crippen molar-refractivity contribution in [1.82, 2.24) is 0 Å². The summed E-state index contributed by atoms with van der Waals surface area (Å²) in [6.07, 6.45) is 11.8. The molecule has 1 aromatic carbocycles. The summed E-state index contributed by atoms with van der Waals surface area (Å²) in [5, 5.41) is 19.5. The Morgan fingerprint density at radius 2 is 1.85 bits per heavy atom. The van der Waals surface area contributed by atoms with Crippen molar-refractivity contribution in [3.63, 3.8) is 0 Å². The molecule has 3 rings (SSSR count). The highest BCUT2D eigenvalue weighted by Crippen LogP contribution is 2.57. The van der Waals surface area contributed by atoms with E-state index in [9.17, 15) is 20.0 Å². The smallest absolute Gasteiger partial charge is 0.350 e. The molecule has 220 valence electrons. The van der Waals surface area contributed by atoms with Crippen LogP contribution in [0.15, 0.2) is 31.7 Å². The Morgan fingerprint density at radius 1 is 1.15 bits per heavy atom. The first kappa shape index (κ1) is 32.6. The molecule has 8 heteroatoms. The maximum absolute atomic E-state index is 12.8. The van der Waals surface area contributed by atoms with Gasteiger partial charge in [-0.2, -0.15) is 5.26 Å². The van der Waals surface area contributed by atoms with Crippen molar-refractivity contribution in [2.24, 2.45) is 17.8 Å². The molecule has 1 unspecified atom stereocenters. The van der Waals surface area contributed by atoms with Gasteiger partial charge in [-0.25, -0.2) is 4.79 Å². The molecule has 0 spiro atoms. The number of hydrogen-bond acceptors (Lipinski definition) is 8. The number of aryl methyl sites for hydroxylation is 1. The zero-order chi connectivity index (χ0) is 29.3. The second kappa shape index (κ2) is 15.3. The number of hydrogen-bond donors (Lipinski definition) is 1. The number of carbonyl (C=O) groups is 2. The number of benzene rings is 1. The highest BCUT2D eigenvalue weighted by atomic mass is 32.2. The molecule has 1 fully saturated rings. The Labute approximate surface area is 248 Å². The van der Waals surface area contributed by atoms with Gasteiger partial charge in [-0.1, -0.05) is 75.5 Å². The largest absolute Gasteiger partial charge is 0.461 e. The summed E-state index contributed by atoms with van der Waals surface area (Å²) in [6.45, 7) is 9.84. The summed E-state index contributed by atoms with van der Waals surface area (Å²) in [5.41, 5.74) is -0.0606. The topological polar surface area (TPSA) is 96.6 Å². The second-order valence-electron chi connectivity index (χ2n) is 12.0. The lowest BCUT2D eigenvalue weighted by molar-refractivity contribution is -0.139. The number of fused-ring (bicyclic) bond motifs is 1. The van der Waals surface area contributed by atoms with Crippen LogP contribution in [0.1, 0.15) is 104 Å². The average molecular weight is 588 g/mol. The molecule has 1 aromatic rings. The number of thioether (sulfide) groups is 2. The van der Waals surface area contributed by atoms with Crippen LogP contribution in [0.5, 0.6) is 5.75 Å². The number of nitrogens with zero attached hydrogens (tertiary/aromatic N) is 1. The number of rotatable bonds is 13. The third-order valence-corrected chi connectivity index (χ3v) is 10.8. The molecule has 0 radical (unpaired) electrons. The molecule has 0 saturated heterocycles. The van der Waals surface area contributed by atoms with Gasteiger partial charge in [0, 0.05) is 17.7 Å². The van der Waals surface area contributed by atoms with E-state index in [-0.39, 0.29) is 24.6 Å². The average Bonchev–Trinajstić information content (AvgIpc) is 3.35. The third kappa shape index (κ3) is 9.56. The fourth-order valence-corrected chi connectivity index (χ4v) is 8.05. The minimum Gasteiger partial charge on any atom is -0.461 e. The van der Waals surface area contributed by atoms with Crippen molar-refractivity contribution in [2.75, 3.05) is 6.61 Å². The van der Waals surface area contributed by atoms with Crippen molar-refractivity contribution in [3.05, 3.63) is 27.5 Å². The van der Waals surface area contributed by atoms with Crippen molar-refractivity contribution < 1.29 is 24.2 Å². The molecule has 1 N–H and O–H groups in total. The highest BCUT2D eigenvalue weighted by Gasteiger charge is 2.30. The van der Waals surface area contributed by atoms with Crippen LogP contribution in [0.2, 0.25) is 0 Å². The first-order valence-corrected chi connectivity index (χ1v) is 16.4. The van der Waals surface area contributed by atoms with Gasteiger partial charge in [0.2, 0.25) is 0 Å². The van der Waals surface area contributed by atoms with Gasteiger partial charge in [-0.15, -0.1) is 0 Å². The Hall–Kier alpha value is -1.95. The minimum absolute atomic E-state index is 0.0177. The van der Waals surface area contributed by atoms with Crippen LogP contribution in [-0.2, 0) is 14.3 Å². The minimum atomic E-state index is -0.964. The molecule has 0 amide bonds. The van der Waals surface area contributed by atoms with Crippen molar-refractivity contribution in [1.29, 1.82) is 5.26 Å². The van der Waals surface area contributed by atoms with Gasteiger partial charge in [-0.3, -0.25) is 4.79 Å². The molecular weight excluding hydrogens is 542 g/mol. The Morgan fingerprint density at radius 3 is 2.50 bits per heavy atom. The summed E-state index contributed by atoms with van der Waals surface area (Å²) < 4.78 is 11.5. The van der Waals surface area contributed by atoms with Gasteiger partial charge >= 0.3 is 11.9 Å². The van der Waals surface area contributed by atoms with Gasteiger partial charge in [0.25, 0.3) is 0 Å². The van der Waals surface area contributed by atoms with E-state index >= 15 is 0 Å². The molecule has 1 aliphatic carbocycles. The lowest BCUT2D eigenvalue weighted by Crippen LogP contribution is -2.22. The quantitative estimate of drug-likeness (QED) is 0.106. The van der Waals surface area contributed by atoms with Gasteiger partial charge < -0.3 is 14.6 Å². The second-order valence-corrected chi connectivity index (χ2v) is 14.3. The molecule has 6 nitrogen and oxygen atoms in total. The normalized spacial score (nSPS) is 20.8. The van der Waals surface area contributed by atoms with E-state index < -0.39 is 11.6 Å². The molecule has 1 atom stereocenters. The number of ether oxygens (including phenoxy) is 2. The van der Waals surface area contributed by atoms with E-state index in [0.717, 1.165) is 40.0 Å². The van der Waals surface area contributed by atoms with Crippen LogP contribution in [-0.4, -0.2) is 29.3 Å². The zero-order valence-electron chi connectivity index (χ0n) is 24.7. The number of unbranched alkanes of at least 4 members (excludes halogenated alkanes) is 1. The van der Waals surface area contributed by atoms with Gasteiger partial charge in [-0.05, 0) is 75.8 Å². The van der Waals surface area contributed by atoms with Gasteiger partial charge in [0.1, 0.15) is 11.8 Å². The van der Waals surface area contributed by atoms with Crippen LogP contribution in [0.25, 0.3) is 0 Å². The maximum atomic E-state index is 12.8. The number of esters is 2. The zero-order valence-corrected chi connectivity index (χ0v) is 26.3. The predicted molar refractivity (Wildman–Crippen MR) is 161 cm³/mol. The molecule has 1 heterocycles. The lowest BCUT2D eigenvalue weighted by Gasteiger charge is -2.32. The lowest BCUT2D eigenvalue weighted by atomic mass is 9.74. The Kier molecular flexibility index (Phi) is 12.5. The molecule has 40 heavy (non-hydrogen) atoms. The Bertz CT molecular complexity index is 1110. The Balaban J connectivity index is 1.53. The van der Waals surface area contributed by atoms with Crippen LogP contribution in [0.3, 0.4) is 0 Å². The molecule has 1 saturated carbocycles. The SMILES string of the molecule is CCCCC1CCC(C(C)CCCC(=O)Oc2ccc(C)c3c2S/C(=C(/C#N)C(=O)OCCC(C)(C)O)S3)CC1. The maximum Gasteiger partial charge on any atom is 0.350 e. The molecule has 0 bridgehead atoms. The molecule has 1 aliphatic heterocycles. The van der Waals surface area contributed by atoms with Crippen LogP contribution < -0.4 is 4.74 Å². The summed E-state index contributed by atoms with van der Waals surface area (Å²) in [5.74, 6) is 1.80. The number of aliphatic hydroxyl groups is 1. The first-order chi connectivity index (χ1) is 19.0. The van der Waals surface area contributed by atoms with Crippen LogP contribution in [0, 0.1) is 36.0 Å². The standard InChI is InChI=1S/C32H45NO5S2/c1-6-7-10-23-13-15-24(16-14-23)21(2)9-8-11-27(34)38-26-17-12-22(3)28-29(26)40-31(39-28)25(20-33)30(35)37-19-18-32(4,5)36/h12,17,21,23-24,36H,6-11,13-16,18-19H2,1-5H3/b31-25-. The van der Waals surface area contributed by atoms with Gasteiger partial charge in [0.15, 0.2) is 5.57 Å². The van der Waals surface area contributed by atoms with E-state index in [0.29, 0.717) is 22.3 Å². The fourth-order valence-electron chi connectivity index (χ4n) is 5.41. The predicted octanol–water partition coefficient (Wildman–Crippen LogP) is 8.34. The number of carbonyl (C=O) groups excluding carboxylic acids is 2. The fraction of sp³-hybridized carbons (Fsp3) is 0.656. The van der Waals surface area contributed by atoms with Crippen LogP contribution >= 0.6 is 23.5 Å². The molecule has 0 aromatic heterocycles. The summed E-state index contributed by atoms with van der Waals surface area (Å²) in [7, 11) is 0. The van der Waals surface area contributed by atoms with E-state index in [1.54, 1.807) is 19.9 Å². The van der Waals surface area contributed by atoms with E-state index in [1.807, 2.05) is 19.1 Å². The van der Waals surface area contributed by atoms with Crippen LogP contribution in [0.4, 0.5) is 0 Å². The molecule has 2 aliphatic rings. The monoisotopic (exact) mass is 587 g/mol. The van der Waals surface area contributed by atoms with E-state index in [1.165, 1.54) is 68.5 Å².